The van der Waals surface area contributed by atoms with Crippen molar-refractivity contribution in [2.45, 2.75) is 0 Å². The second kappa shape index (κ2) is 13.1. The molecule has 0 atom stereocenters. The third-order valence-corrected chi connectivity index (χ3v) is 13.6. The molecule has 0 spiro atoms. The molecule has 63 heavy (non-hydrogen) atoms. The first kappa shape index (κ1) is 34.3. The van der Waals surface area contributed by atoms with Crippen LogP contribution in [0, 0.1) is 0 Å². The molecule has 13 aromatic rings. The maximum Gasteiger partial charge on any atom is 0.0709 e. The van der Waals surface area contributed by atoms with Gasteiger partial charge in [0.15, 0.2) is 0 Å². The number of hydrogen-bond acceptors (Lipinski definition) is 0. The number of hydrogen-bond donors (Lipinski definition) is 0. The Morgan fingerprint density at radius 3 is 0.825 bits per heavy atom. The molecule has 3 heterocycles. The van der Waals surface area contributed by atoms with Gasteiger partial charge in [-0.25, -0.2) is 0 Å². The van der Waals surface area contributed by atoms with Crippen molar-refractivity contribution in [3.8, 4) is 61.6 Å². The van der Waals surface area contributed by atoms with Crippen molar-refractivity contribution in [1.29, 1.82) is 0 Å². The van der Waals surface area contributed by atoms with Crippen LogP contribution in [0.2, 0.25) is 0 Å². The van der Waals surface area contributed by atoms with E-state index in [-0.39, 0.29) is 0 Å². The second-order valence-electron chi connectivity index (χ2n) is 16.8. The van der Waals surface area contributed by atoms with Gasteiger partial charge in [0.2, 0.25) is 0 Å². The van der Waals surface area contributed by atoms with Gasteiger partial charge < -0.3 is 13.7 Å². The van der Waals surface area contributed by atoms with Crippen molar-refractivity contribution in [3.63, 3.8) is 0 Å². The molecule has 0 unspecified atom stereocenters. The molecule has 3 heteroatoms. The first-order valence-electron chi connectivity index (χ1n) is 21.8. The van der Waals surface area contributed by atoms with Crippen LogP contribution in [-0.4, -0.2) is 13.7 Å². The molecule has 292 valence electrons. The summed E-state index contributed by atoms with van der Waals surface area (Å²) < 4.78 is 7.46. The summed E-state index contributed by atoms with van der Waals surface area (Å²) in [6, 6.07) is 83.1. The second-order valence-corrected chi connectivity index (χ2v) is 16.8. The molecule has 1 aliphatic carbocycles. The van der Waals surface area contributed by atoms with Gasteiger partial charge >= 0.3 is 0 Å². The lowest BCUT2D eigenvalue weighted by Crippen LogP contribution is -2.06. The van der Waals surface area contributed by atoms with Crippen molar-refractivity contribution >= 4 is 65.4 Å². The highest BCUT2D eigenvalue weighted by Crippen LogP contribution is 2.50. The lowest BCUT2D eigenvalue weighted by atomic mass is 9.80. The van der Waals surface area contributed by atoms with Crippen molar-refractivity contribution in [2.75, 3.05) is 0 Å². The number of aromatic nitrogens is 3. The predicted octanol–water partition coefficient (Wildman–Crippen LogP) is 16.0. The fraction of sp³-hybridized carbons (Fsp3) is 0. The Hall–Kier alpha value is -8.40. The van der Waals surface area contributed by atoms with E-state index < -0.39 is 0 Å². The summed E-state index contributed by atoms with van der Waals surface area (Å²) >= 11 is 0. The Kier molecular flexibility index (Phi) is 7.11. The zero-order chi connectivity index (χ0) is 41.2. The quantitative estimate of drug-likeness (QED) is 0.169. The number of rotatable bonds is 3. The van der Waals surface area contributed by atoms with Gasteiger partial charge in [-0.2, -0.15) is 0 Å². The van der Waals surface area contributed by atoms with Gasteiger partial charge in [0.25, 0.3) is 0 Å². The van der Waals surface area contributed by atoms with Gasteiger partial charge in [0.05, 0.1) is 44.5 Å². The van der Waals surface area contributed by atoms with Crippen LogP contribution in [0.5, 0.6) is 0 Å². The molecule has 14 rings (SSSR count). The Balaban J connectivity index is 1.14. The van der Waals surface area contributed by atoms with E-state index in [9.17, 15) is 0 Å². The highest BCUT2D eigenvalue weighted by molar-refractivity contribution is 6.14. The van der Waals surface area contributed by atoms with E-state index in [0.717, 1.165) is 22.6 Å². The normalized spacial score (nSPS) is 12.1. The Morgan fingerprint density at radius 2 is 0.460 bits per heavy atom. The summed E-state index contributed by atoms with van der Waals surface area (Å²) in [6.07, 6.45) is 0. The Bertz CT molecular complexity index is 3930. The first-order valence-corrected chi connectivity index (χ1v) is 21.8. The van der Waals surface area contributed by atoms with Gasteiger partial charge in [0.1, 0.15) is 0 Å². The Morgan fingerprint density at radius 1 is 0.190 bits per heavy atom. The summed E-state index contributed by atoms with van der Waals surface area (Å²) in [7, 11) is 0. The van der Waals surface area contributed by atoms with Crippen molar-refractivity contribution in [1.82, 2.24) is 13.7 Å². The number of para-hydroxylation sites is 5. The molecule has 0 saturated carbocycles. The van der Waals surface area contributed by atoms with E-state index in [1.807, 2.05) is 0 Å². The highest BCUT2D eigenvalue weighted by atomic mass is 15.1. The molecule has 0 saturated heterocycles. The topological polar surface area (TPSA) is 14.8 Å². The number of fused-ring (bicyclic) bond motifs is 17. The van der Waals surface area contributed by atoms with Gasteiger partial charge in [-0.3, -0.25) is 0 Å². The van der Waals surface area contributed by atoms with Gasteiger partial charge in [-0.05, 0) is 105 Å². The number of benzene rings is 10. The molecule has 3 nitrogen and oxygen atoms in total. The average molecular weight is 800 g/mol. The van der Waals surface area contributed by atoms with Crippen molar-refractivity contribution in [3.05, 3.63) is 224 Å². The third-order valence-electron chi connectivity index (χ3n) is 13.6. The summed E-state index contributed by atoms with van der Waals surface area (Å²) in [4.78, 5) is 0. The maximum atomic E-state index is 2.53. The SMILES string of the molecule is c1ccc2c(c1)-c1ccccc1-c1cc(-n3c4ccccc4c4ccccc43)c(-n3c4ccccc4c4cc(-n5c6ccccc6c6ccccc65)ccc43)cc1-c1ccccc1-2. The van der Waals surface area contributed by atoms with Crippen LogP contribution < -0.4 is 0 Å². The minimum absolute atomic E-state index is 1.12. The molecule has 0 bridgehead atoms. The van der Waals surface area contributed by atoms with E-state index in [4.69, 9.17) is 0 Å². The van der Waals surface area contributed by atoms with Gasteiger partial charge in [-0.15, -0.1) is 0 Å². The minimum Gasteiger partial charge on any atom is -0.309 e. The van der Waals surface area contributed by atoms with E-state index >= 15 is 0 Å². The molecule has 0 radical (unpaired) electrons. The standard InChI is InChI=1S/C60H37N3/c1-2-18-40-39(17-1)41-19-3-5-21-43(41)50-36-59(62-55-30-14-9-25-47(55)48-26-10-15-31-56(48)62)60(37-51(50)44-22-6-4-20-42(40)44)63-57-32-16-11-27-49(57)52-35-38(33-34-58(52)63)61-53-28-12-7-23-45(53)46-24-8-13-29-54(46)61/h1-37H. The minimum atomic E-state index is 1.12. The molecule has 0 aliphatic heterocycles. The van der Waals surface area contributed by atoms with Crippen molar-refractivity contribution in [2.24, 2.45) is 0 Å². The van der Waals surface area contributed by atoms with E-state index in [1.165, 1.54) is 104 Å². The van der Waals surface area contributed by atoms with Crippen LogP contribution in [0.15, 0.2) is 224 Å². The van der Waals surface area contributed by atoms with Crippen LogP contribution in [-0.2, 0) is 0 Å². The smallest absolute Gasteiger partial charge is 0.0709 e. The van der Waals surface area contributed by atoms with Crippen molar-refractivity contribution < 1.29 is 0 Å². The van der Waals surface area contributed by atoms with Gasteiger partial charge in [-0.1, -0.05) is 164 Å². The molecule has 0 fully saturated rings. The molecule has 3 aromatic heterocycles. The van der Waals surface area contributed by atoms with E-state index in [2.05, 4.69) is 238 Å². The van der Waals surface area contributed by atoms with Crippen LogP contribution >= 0.6 is 0 Å². The van der Waals surface area contributed by atoms with E-state index in [0.29, 0.717) is 0 Å². The monoisotopic (exact) mass is 799 g/mol. The summed E-state index contributed by atoms with van der Waals surface area (Å²) in [5, 5.41) is 7.43. The zero-order valence-corrected chi connectivity index (χ0v) is 34.2. The predicted molar refractivity (Wildman–Crippen MR) is 265 cm³/mol. The molecule has 1 aliphatic rings. The van der Waals surface area contributed by atoms with Crippen LogP contribution in [0.1, 0.15) is 0 Å². The number of nitrogens with zero attached hydrogens (tertiary/aromatic N) is 3. The molecular weight excluding hydrogens is 763 g/mol. The molecule has 0 amide bonds. The van der Waals surface area contributed by atoms with Crippen LogP contribution in [0.3, 0.4) is 0 Å². The largest absolute Gasteiger partial charge is 0.309 e. The first-order chi connectivity index (χ1) is 31.3. The fourth-order valence-electron chi connectivity index (χ4n) is 11.0. The maximum absolute atomic E-state index is 2.53. The summed E-state index contributed by atoms with van der Waals surface area (Å²) in [5.74, 6) is 0. The van der Waals surface area contributed by atoms with Gasteiger partial charge in [0, 0.05) is 38.0 Å². The van der Waals surface area contributed by atoms with E-state index in [1.54, 1.807) is 0 Å². The third kappa shape index (κ3) is 4.79. The lowest BCUT2D eigenvalue weighted by Gasteiger charge is -2.26. The summed E-state index contributed by atoms with van der Waals surface area (Å²) in [5.41, 5.74) is 20.3. The Labute approximate surface area is 363 Å². The average Bonchev–Trinajstić information content (AvgIpc) is 3.99. The summed E-state index contributed by atoms with van der Waals surface area (Å²) in [6.45, 7) is 0. The highest BCUT2D eigenvalue weighted by Gasteiger charge is 2.27. The fourth-order valence-corrected chi connectivity index (χ4v) is 11.0. The van der Waals surface area contributed by atoms with Crippen LogP contribution in [0.4, 0.5) is 0 Å². The molecule has 0 N–H and O–H groups in total. The lowest BCUT2D eigenvalue weighted by molar-refractivity contribution is 1.09. The molecular formula is C60H37N3. The van der Waals surface area contributed by atoms with Crippen LogP contribution in [0.25, 0.3) is 127 Å². The zero-order valence-electron chi connectivity index (χ0n) is 34.2. The molecule has 10 aromatic carbocycles.